The Balaban J connectivity index is 0.00000231. The fourth-order valence-corrected chi connectivity index (χ4v) is 4.37. The quantitative estimate of drug-likeness (QED) is 0.322. The molecule has 0 saturated heterocycles. The molecule has 0 fully saturated rings. The smallest absolute Gasteiger partial charge is 0.244 e. The van der Waals surface area contributed by atoms with E-state index in [0.29, 0.717) is 6.54 Å². The van der Waals surface area contributed by atoms with E-state index in [0.717, 1.165) is 35.1 Å². The summed E-state index contributed by atoms with van der Waals surface area (Å²) in [7, 11) is 0. The predicted molar refractivity (Wildman–Crippen MR) is 117 cm³/mol. The van der Waals surface area contributed by atoms with Gasteiger partial charge in [-0.2, -0.15) is 0 Å². The van der Waals surface area contributed by atoms with Crippen LogP contribution in [0, 0.1) is 13.8 Å². The van der Waals surface area contributed by atoms with Gasteiger partial charge in [-0.1, -0.05) is 42.5 Å². The van der Waals surface area contributed by atoms with Crippen molar-refractivity contribution in [3.8, 4) is 5.75 Å². The maximum absolute atomic E-state index is 12.8. The van der Waals surface area contributed by atoms with Crippen molar-refractivity contribution in [1.29, 1.82) is 0 Å². The molecule has 2 heterocycles. The number of hydrogen-bond acceptors (Lipinski definition) is 2. The Morgan fingerprint density at radius 3 is 2.74 bits per heavy atom. The number of ether oxygens (including phenoxy) is 1. The van der Waals surface area contributed by atoms with Gasteiger partial charge in [-0.25, -0.2) is 9.13 Å². The summed E-state index contributed by atoms with van der Waals surface area (Å²) in [6.07, 6.45) is 7.01. The van der Waals surface area contributed by atoms with Crippen LogP contribution in [0.1, 0.15) is 27.0 Å². The van der Waals surface area contributed by atoms with Crippen LogP contribution in [0.4, 0.5) is 0 Å². The summed E-state index contributed by atoms with van der Waals surface area (Å²) in [5.74, 6) is 1.13. The highest BCUT2D eigenvalue weighted by atomic mass is 79.9. The van der Waals surface area contributed by atoms with E-state index in [2.05, 4.69) is 36.6 Å². The maximum atomic E-state index is 12.8. The molecule has 0 saturated carbocycles. The van der Waals surface area contributed by atoms with Crippen LogP contribution in [0.15, 0.2) is 73.3 Å². The van der Waals surface area contributed by atoms with E-state index in [9.17, 15) is 4.79 Å². The summed E-state index contributed by atoms with van der Waals surface area (Å²) in [6.45, 7) is 5.35. The molecule has 0 N–H and O–H groups in total. The number of Topliss-reactive ketones (excluding diaryl/α,β-unsaturated/α-hetero) is 1. The van der Waals surface area contributed by atoms with E-state index in [1.807, 2.05) is 59.7 Å². The molecule has 5 heteroatoms. The molecule has 4 aromatic rings. The Kier molecular flexibility index (Phi) is 5.96. The highest BCUT2D eigenvalue weighted by Crippen LogP contribution is 2.33. The van der Waals surface area contributed by atoms with Crippen molar-refractivity contribution in [1.82, 2.24) is 4.57 Å². The fraction of sp³-hybridized carbons (Fsp3) is 0.231. The molecule has 0 aliphatic carbocycles. The molecule has 0 amide bonds. The minimum atomic E-state index is 0. The van der Waals surface area contributed by atoms with Gasteiger partial charge in [0.2, 0.25) is 12.1 Å². The summed E-state index contributed by atoms with van der Waals surface area (Å²) >= 11 is 0. The van der Waals surface area contributed by atoms with Gasteiger partial charge < -0.3 is 21.7 Å². The number of benzene rings is 3. The zero-order valence-electron chi connectivity index (χ0n) is 17.7. The SMILES string of the molecule is Cc1cc(C)c2c(c1)OC(Cn1cc[n+](CC(=O)c3ccc4ccccc4c3)c1)C2.[Br-]. The molecule has 1 aliphatic heterocycles. The van der Waals surface area contributed by atoms with E-state index >= 15 is 0 Å². The average molecular weight is 477 g/mol. The minimum absolute atomic E-state index is 0. The summed E-state index contributed by atoms with van der Waals surface area (Å²) in [5.41, 5.74) is 4.60. The molecular weight excluding hydrogens is 452 g/mol. The number of ketones is 1. The van der Waals surface area contributed by atoms with Crippen molar-refractivity contribution in [2.75, 3.05) is 0 Å². The lowest BCUT2D eigenvalue weighted by Gasteiger charge is -2.07. The number of hydrogen-bond donors (Lipinski definition) is 0. The number of carbonyl (C=O) groups excluding carboxylic acids is 1. The fourth-order valence-electron chi connectivity index (χ4n) is 4.37. The number of fused-ring (bicyclic) bond motifs is 2. The molecule has 1 aliphatic rings. The monoisotopic (exact) mass is 476 g/mol. The molecule has 0 bridgehead atoms. The van der Waals surface area contributed by atoms with E-state index in [-0.39, 0.29) is 28.9 Å². The Morgan fingerprint density at radius 1 is 1.10 bits per heavy atom. The molecule has 1 unspecified atom stereocenters. The Morgan fingerprint density at radius 2 is 1.90 bits per heavy atom. The number of aryl methyl sites for hydroxylation is 2. The molecule has 5 rings (SSSR count). The van der Waals surface area contributed by atoms with Crippen LogP contribution in [-0.4, -0.2) is 16.5 Å². The minimum Gasteiger partial charge on any atom is -1.00 e. The third-order valence-electron chi connectivity index (χ3n) is 5.86. The Bertz CT molecular complexity index is 1260. The van der Waals surface area contributed by atoms with Crippen LogP contribution < -0.4 is 26.3 Å². The molecule has 1 atom stereocenters. The number of carbonyl (C=O) groups is 1. The van der Waals surface area contributed by atoms with Gasteiger partial charge in [-0.15, -0.1) is 0 Å². The first-order chi connectivity index (χ1) is 14.5. The van der Waals surface area contributed by atoms with Crippen LogP contribution in [-0.2, 0) is 19.5 Å². The molecule has 4 nitrogen and oxygen atoms in total. The second-order valence-corrected chi connectivity index (χ2v) is 8.27. The van der Waals surface area contributed by atoms with Gasteiger partial charge in [-0.05, 0) is 47.9 Å². The van der Waals surface area contributed by atoms with Gasteiger partial charge in [0.05, 0.1) is 0 Å². The number of halogens is 1. The molecule has 1 aromatic heterocycles. The van der Waals surface area contributed by atoms with Crippen molar-refractivity contribution >= 4 is 16.6 Å². The van der Waals surface area contributed by atoms with Crippen LogP contribution in [0.3, 0.4) is 0 Å². The first kappa shape index (κ1) is 21.3. The first-order valence-electron chi connectivity index (χ1n) is 10.4. The van der Waals surface area contributed by atoms with Crippen molar-refractivity contribution in [2.45, 2.75) is 39.5 Å². The van der Waals surface area contributed by atoms with Crippen molar-refractivity contribution in [3.63, 3.8) is 0 Å². The van der Waals surface area contributed by atoms with E-state index in [1.54, 1.807) is 0 Å². The lowest BCUT2D eigenvalue weighted by Crippen LogP contribution is -3.00. The van der Waals surface area contributed by atoms with Gasteiger partial charge in [0.25, 0.3) is 0 Å². The lowest BCUT2D eigenvalue weighted by molar-refractivity contribution is -0.682. The summed E-state index contributed by atoms with van der Waals surface area (Å²) < 4.78 is 10.2. The number of imidazole rings is 1. The maximum Gasteiger partial charge on any atom is 0.244 e. The van der Waals surface area contributed by atoms with Gasteiger partial charge in [-0.3, -0.25) is 4.79 Å². The third kappa shape index (κ3) is 4.42. The standard InChI is InChI=1S/C26H25N2O2.BrH/c1-18-11-19(2)24-14-23(30-26(24)12-18)15-27-9-10-28(17-27)16-25(29)22-8-7-20-5-3-4-6-21(20)13-22;/h3-13,17,23H,14-16H2,1-2H3;1H/q+1;/p-1. The highest BCUT2D eigenvalue weighted by Gasteiger charge is 2.27. The molecule has 0 radical (unpaired) electrons. The van der Waals surface area contributed by atoms with Crippen LogP contribution in [0.2, 0.25) is 0 Å². The Labute approximate surface area is 192 Å². The molecule has 3 aromatic carbocycles. The second-order valence-electron chi connectivity index (χ2n) is 8.27. The first-order valence-corrected chi connectivity index (χ1v) is 10.4. The largest absolute Gasteiger partial charge is 1.00 e. The van der Waals surface area contributed by atoms with Crippen molar-refractivity contribution < 1.29 is 31.1 Å². The molecular formula is C26H25BrN2O2. The van der Waals surface area contributed by atoms with Gasteiger partial charge in [0.15, 0.2) is 6.54 Å². The second kappa shape index (κ2) is 8.67. The van der Waals surface area contributed by atoms with Gasteiger partial charge in [0, 0.05) is 17.5 Å². The summed E-state index contributed by atoms with van der Waals surface area (Å²) in [6, 6.07) is 18.3. The van der Waals surface area contributed by atoms with E-state index < -0.39 is 0 Å². The number of rotatable bonds is 5. The molecule has 31 heavy (non-hydrogen) atoms. The van der Waals surface area contributed by atoms with E-state index in [1.165, 1.54) is 16.7 Å². The zero-order valence-corrected chi connectivity index (χ0v) is 19.3. The summed E-state index contributed by atoms with van der Waals surface area (Å²) in [4.78, 5) is 12.8. The predicted octanol–water partition coefficient (Wildman–Crippen LogP) is 1.44. The normalized spacial score (nSPS) is 14.7. The van der Waals surface area contributed by atoms with Crippen LogP contribution in [0.5, 0.6) is 5.75 Å². The van der Waals surface area contributed by atoms with E-state index in [4.69, 9.17) is 4.74 Å². The number of aromatic nitrogens is 2. The molecule has 0 spiro atoms. The van der Waals surface area contributed by atoms with Gasteiger partial charge in [0.1, 0.15) is 30.8 Å². The third-order valence-corrected chi connectivity index (χ3v) is 5.86. The molecule has 158 valence electrons. The van der Waals surface area contributed by atoms with Crippen LogP contribution >= 0.6 is 0 Å². The van der Waals surface area contributed by atoms with Crippen molar-refractivity contribution in [2.24, 2.45) is 0 Å². The summed E-state index contributed by atoms with van der Waals surface area (Å²) in [5, 5.41) is 2.24. The average Bonchev–Trinajstić information content (AvgIpc) is 3.34. The number of nitrogens with zero attached hydrogens (tertiary/aromatic N) is 2. The zero-order chi connectivity index (χ0) is 20.7. The van der Waals surface area contributed by atoms with Gasteiger partial charge >= 0.3 is 0 Å². The lowest BCUT2D eigenvalue weighted by atomic mass is 10.0. The topological polar surface area (TPSA) is 35.1 Å². The highest BCUT2D eigenvalue weighted by molar-refractivity contribution is 5.99. The van der Waals surface area contributed by atoms with Crippen molar-refractivity contribution in [3.05, 3.63) is 95.6 Å². The van der Waals surface area contributed by atoms with Crippen LogP contribution in [0.25, 0.3) is 10.8 Å². The Hall–Kier alpha value is -2.92.